The van der Waals surface area contributed by atoms with Gasteiger partial charge in [-0.05, 0) is 79.7 Å². The first-order chi connectivity index (χ1) is 32.0. The number of amides is 4. The number of anilines is 2. The van der Waals surface area contributed by atoms with E-state index in [0.717, 1.165) is 32.4 Å². The van der Waals surface area contributed by atoms with Crippen molar-refractivity contribution in [3.63, 3.8) is 0 Å². The Morgan fingerprint density at radius 1 is 0.687 bits per heavy atom. The molecular weight excluding hydrogens is 932 g/mol. The van der Waals surface area contributed by atoms with Gasteiger partial charge in [-0.2, -0.15) is 8.42 Å². The molecule has 0 spiro atoms. The second-order valence-corrected chi connectivity index (χ2v) is 17.8. The summed E-state index contributed by atoms with van der Waals surface area (Å²) in [6.45, 7) is 6.44. The van der Waals surface area contributed by atoms with Crippen LogP contribution in [0.5, 0.6) is 0 Å². The molecule has 7 rings (SSSR count). The minimum absolute atomic E-state index is 0.0690. The van der Waals surface area contributed by atoms with Crippen molar-refractivity contribution in [2.45, 2.75) is 19.1 Å². The lowest BCUT2D eigenvalue weighted by Gasteiger charge is -2.34. The van der Waals surface area contributed by atoms with Crippen LogP contribution in [0.25, 0.3) is 0 Å². The van der Waals surface area contributed by atoms with Gasteiger partial charge in [0.15, 0.2) is 0 Å². The zero-order valence-electron chi connectivity index (χ0n) is 36.4. The smallest absolute Gasteiger partial charge is 0.414 e. The van der Waals surface area contributed by atoms with Crippen LogP contribution in [0.15, 0.2) is 97.1 Å². The van der Waals surface area contributed by atoms with Crippen LogP contribution in [0.4, 0.5) is 21.0 Å². The number of piperazine rings is 1. The van der Waals surface area contributed by atoms with E-state index in [-0.39, 0.29) is 53.0 Å². The first-order valence-electron chi connectivity index (χ1n) is 20.9. The first kappa shape index (κ1) is 50.0. The number of hydrogen-bond acceptors (Lipinski definition) is 15. The van der Waals surface area contributed by atoms with Crippen LogP contribution in [0.3, 0.4) is 0 Å². The van der Waals surface area contributed by atoms with Gasteiger partial charge >= 0.3 is 18.2 Å². The van der Waals surface area contributed by atoms with Crippen molar-refractivity contribution in [3.05, 3.63) is 129 Å². The van der Waals surface area contributed by atoms with Crippen LogP contribution in [-0.4, -0.2) is 144 Å². The van der Waals surface area contributed by atoms with Gasteiger partial charge in [-0.3, -0.25) is 49.0 Å². The highest BCUT2D eigenvalue weighted by molar-refractivity contribution is 7.86. The molecule has 0 aliphatic carbocycles. The van der Waals surface area contributed by atoms with Crippen molar-refractivity contribution < 1.29 is 50.8 Å². The summed E-state index contributed by atoms with van der Waals surface area (Å²) in [6, 6.07) is 26.3. The fourth-order valence-corrected chi connectivity index (χ4v) is 7.91. The lowest BCUT2D eigenvalue weighted by atomic mass is 10.1. The molecule has 3 heterocycles. The lowest BCUT2D eigenvalue weighted by molar-refractivity contribution is -0.144. The maximum Gasteiger partial charge on any atom is 0.414 e. The second-order valence-electron chi connectivity index (χ2n) is 15.3. The van der Waals surface area contributed by atoms with E-state index in [9.17, 15) is 32.4 Å². The second kappa shape index (κ2) is 22.9. The molecule has 0 aromatic heterocycles. The summed E-state index contributed by atoms with van der Waals surface area (Å²) in [6.07, 6.45) is -1.12. The van der Waals surface area contributed by atoms with E-state index in [2.05, 4.69) is 24.6 Å². The quantitative estimate of drug-likeness (QED) is 0.0428. The summed E-state index contributed by atoms with van der Waals surface area (Å²) < 4.78 is 42.5. The van der Waals surface area contributed by atoms with Gasteiger partial charge in [0.1, 0.15) is 30.5 Å². The third-order valence-electron chi connectivity index (χ3n) is 10.5. The van der Waals surface area contributed by atoms with Gasteiger partial charge < -0.3 is 24.8 Å². The molecule has 0 radical (unpaired) electrons. The van der Waals surface area contributed by atoms with Crippen molar-refractivity contribution in [2.75, 3.05) is 81.6 Å². The average molecular weight is 980 g/mol. The maximum atomic E-state index is 12.5. The number of cyclic esters (lactones) is 2. The van der Waals surface area contributed by atoms with E-state index in [1.807, 2.05) is 0 Å². The largest absolute Gasteiger partial charge is 0.465 e. The fourth-order valence-electron chi connectivity index (χ4n) is 7.07. The van der Waals surface area contributed by atoms with Crippen LogP contribution in [0.1, 0.15) is 38.8 Å². The number of benzene rings is 4. The zero-order chi connectivity index (χ0) is 48.3. The highest BCUT2D eigenvalue weighted by atomic mass is 35.5. The Morgan fingerprint density at radius 3 is 1.57 bits per heavy atom. The number of carbonyl (C=O) groups excluding carboxylic acids is 5. The summed E-state index contributed by atoms with van der Waals surface area (Å²) >= 11 is 12.1. The average Bonchev–Trinajstić information content (AvgIpc) is 3.87. The van der Waals surface area contributed by atoms with Crippen LogP contribution in [0, 0.1) is 10.8 Å². The Morgan fingerprint density at radius 2 is 1.12 bits per heavy atom. The summed E-state index contributed by atoms with van der Waals surface area (Å²) in [5, 5.41) is 21.9. The number of esters is 1. The van der Waals surface area contributed by atoms with Crippen LogP contribution < -0.4 is 20.4 Å². The third kappa shape index (κ3) is 14.0. The van der Waals surface area contributed by atoms with E-state index in [4.69, 9.17) is 48.2 Å². The fraction of sp³-hybridized carbons (Fsp3) is 0.311. The Hall–Kier alpha value is -6.42. The summed E-state index contributed by atoms with van der Waals surface area (Å²) in [5.74, 6) is -1.38. The van der Waals surface area contributed by atoms with Crippen molar-refractivity contribution in [2.24, 2.45) is 0 Å². The molecule has 22 heteroatoms. The van der Waals surface area contributed by atoms with E-state index in [1.165, 1.54) is 4.90 Å². The molecule has 0 bridgehead atoms. The number of rotatable bonds is 14. The van der Waals surface area contributed by atoms with E-state index < -0.39 is 40.2 Å². The van der Waals surface area contributed by atoms with Crippen molar-refractivity contribution >= 4 is 86.3 Å². The van der Waals surface area contributed by atoms with Gasteiger partial charge in [-0.15, -0.1) is 0 Å². The highest BCUT2D eigenvalue weighted by Crippen LogP contribution is 2.25. The number of amidine groups is 2. The Bertz CT molecular complexity index is 2600. The molecule has 0 saturated carbocycles. The molecule has 3 aliphatic rings. The first-order valence-corrected chi connectivity index (χ1v) is 23.5. The van der Waals surface area contributed by atoms with Crippen LogP contribution >= 0.6 is 23.2 Å². The van der Waals surface area contributed by atoms with Gasteiger partial charge in [0, 0.05) is 55.2 Å². The highest BCUT2D eigenvalue weighted by Gasteiger charge is 2.35. The van der Waals surface area contributed by atoms with Gasteiger partial charge in [-0.1, -0.05) is 47.5 Å². The van der Waals surface area contributed by atoms with Crippen LogP contribution in [0.2, 0.25) is 10.0 Å². The molecule has 4 N–H and O–H groups in total. The molecule has 19 nitrogen and oxygen atoms in total. The summed E-state index contributed by atoms with van der Waals surface area (Å²) in [4.78, 5) is 68.2. The SMILES string of the molecule is CCOC(=O)CN1CCN(CC2CN(c3ccc(C(=N)NC(=O)c4ccccc4Cl)cc3)C(=O)O2)CC1.CS(=O)(=O)OCC1CN(c2ccc(C(=N)NC(=O)c3ccccc3Cl)cc2)C(=O)O1. The molecule has 3 aliphatic heterocycles. The molecule has 4 aromatic rings. The van der Waals surface area contributed by atoms with Gasteiger partial charge in [0.05, 0.1) is 53.7 Å². The standard InChI is InChI=1S/C26H30ClN5O5.C19H18ClN3O6S/c1-2-36-23(33)17-31-13-11-30(12-14-31)15-20-16-32(26(35)37-20)19-9-7-18(8-10-19)24(28)29-25(34)21-5-3-4-6-22(21)27;1-30(26,27)28-11-14-10-23(19(25)29-14)13-8-6-12(7-9-13)17(21)22-18(24)15-4-2-3-5-16(15)20/h3-10,20H,2,11-17H2,1H3,(H2,28,29,34);2-9,14H,10-11H2,1H3,(H2,21,22,24). The molecule has 4 amide bonds. The Kier molecular flexibility index (Phi) is 17.1. The predicted octanol–water partition coefficient (Wildman–Crippen LogP) is 5.00. The number of ether oxygens (including phenoxy) is 3. The number of nitrogens with zero attached hydrogens (tertiary/aromatic N) is 4. The number of halogens is 2. The molecular formula is C45H48Cl2N8O11S. The molecule has 3 saturated heterocycles. The Labute approximate surface area is 396 Å². The van der Waals surface area contributed by atoms with Crippen molar-refractivity contribution in [3.8, 4) is 0 Å². The summed E-state index contributed by atoms with van der Waals surface area (Å²) in [7, 11) is -3.64. The lowest BCUT2D eigenvalue weighted by Crippen LogP contribution is -2.50. The third-order valence-corrected chi connectivity index (χ3v) is 11.7. The van der Waals surface area contributed by atoms with E-state index in [0.29, 0.717) is 53.8 Å². The van der Waals surface area contributed by atoms with E-state index >= 15 is 0 Å². The molecule has 67 heavy (non-hydrogen) atoms. The monoisotopic (exact) mass is 978 g/mol. The summed E-state index contributed by atoms with van der Waals surface area (Å²) in [5.41, 5.74) is 2.61. The molecule has 4 aromatic carbocycles. The molecule has 354 valence electrons. The number of nitrogens with one attached hydrogen (secondary N) is 4. The topological polar surface area (TPSA) is 241 Å². The molecule has 2 unspecified atom stereocenters. The van der Waals surface area contributed by atoms with Gasteiger partial charge in [-0.25, -0.2) is 9.59 Å². The van der Waals surface area contributed by atoms with Crippen LogP contribution in [-0.2, 0) is 33.3 Å². The maximum absolute atomic E-state index is 12.5. The van der Waals surface area contributed by atoms with Gasteiger partial charge in [0.2, 0.25) is 0 Å². The number of hydrogen-bond donors (Lipinski definition) is 4. The molecule has 3 fully saturated rings. The minimum atomic E-state index is -3.64. The zero-order valence-corrected chi connectivity index (χ0v) is 38.7. The van der Waals surface area contributed by atoms with Gasteiger partial charge in [0.25, 0.3) is 21.9 Å². The Balaban J connectivity index is 0.000000226. The minimum Gasteiger partial charge on any atom is -0.465 e. The van der Waals surface area contributed by atoms with Crippen molar-refractivity contribution in [1.82, 2.24) is 20.4 Å². The normalized spacial score (nSPS) is 17.4. The molecule has 2 atom stereocenters. The predicted molar refractivity (Wildman–Crippen MR) is 250 cm³/mol. The van der Waals surface area contributed by atoms with E-state index in [1.54, 1.807) is 109 Å². The number of carbonyl (C=O) groups is 5. The van der Waals surface area contributed by atoms with Crippen molar-refractivity contribution in [1.29, 1.82) is 10.8 Å².